The first-order valence-corrected chi connectivity index (χ1v) is 8.87. The van der Waals surface area contributed by atoms with Crippen LogP contribution in [0.5, 0.6) is 0 Å². The van der Waals surface area contributed by atoms with Crippen LogP contribution in [0.25, 0.3) is 21.8 Å². The quantitative estimate of drug-likeness (QED) is 0.567. The van der Waals surface area contributed by atoms with Crippen LogP contribution in [0.15, 0.2) is 82.8 Å². The van der Waals surface area contributed by atoms with Crippen molar-refractivity contribution < 1.29 is 0 Å². The number of nitrogens with zero attached hydrogens (tertiary/aromatic N) is 5. The minimum absolute atomic E-state index is 0.120. The van der Waals surface area contributed by atoms with E-state index in [-0.39, 0.29) is 11.9 Å². The molecule has 0 bridgehead atoms. The van der Waals surface area contributed by atoms with E-state index in [1.54, 1.807) is 4.90 Å². The zero-order valence-corrected chi connectivity index (χ0v) is 14.9. The maximum absolute atomic E-state index is 6.23. The van der Waals surface area contributed by atoms with Crippen LogP contribution < -0.4 is 16.4 Å². The lowest BCUT2D eigenvalue weighted by atomic mass is 10.1. The van der Waals surface area contributed by atoms with E-state index in [2.05, 4.69) is 9.98 Å². The number of rotatable bonds is 2. The van der Waals surface area contributed by atoms with Gasteiger partial charge in [-0.25, -0.2) is 15.0 Å². The average molecular weight is 367 g/mol. The highest BCUT2D eigenvalue weighted by Gasteiger charge is 2.29. The first-order chi connectivity index (χ1) is 13.7. The highest BCUT2D eigenvalue weighted by Crippen LogP contribution is 2.30. The molecule has 1 atom stereocenters. The number of hydrogen-bond acceptors (Lipinski definition) is 7. The van der Waals surface area contributed by atoms with Crippen molar-refractivity contribution in [1.29, 1.82) is 0 Å². The van der Waals surface area contributed by atoms with Crippen molar-refractivity contribution in [1.82, 2.24) is 9.97 Å². The Morgan fingerprint density at radius 1 is 0.714 bits per heavy atom. The van der Waals surface area contributed by atoms with Crippen molar-refractivity contribution in [3.63, 3.8) is 0 Å². The zero-order chi connectivity index (χ0) is 19.1. The number of hydrogen-bond donors (Lipinski definition) is 2. The van der Waals surface area contributed by atoms with Crippen molar-refractivity contribution in [2.75, 3.05) is 4.90 Å². The third-order valence-electron chi connectivity index (χ3n) is 4.69. The third kappa shape index (κ3) is 2.69. The van der Waals surface area contributed by atoms with Crippen LogP contribution in [-0.4, -0.2) is 21.9 Å². The van der Waals surface area contributed by atoms with Crippen LogP contribution in [0.3, 0.4) is 0 Å². The molecular weight excluding hydrogens is 350 g/mol. The molecule has 1 aliphatic rings. The average Bonchev–Trinajstić information content (AvgIpc) is 2.72. The first kappa shape index (κ1) is 16.2. The highest BCUT2D eigenvalue weighted by atomic mass is 15.4. The lowest BCUT2D eigenvalue weighted by Gasteiger charge is -2.31. The van der Waals surface area contributed by atoms with Gasteiger partial charge in [0.05, 0.1) is 16.7 Å². The van der Waals surface area contributed by atoms with E-state index in [1.165, 1.54) is 0 Å². The van der Waals surface area contributed by atoms with Gasteiger partial charge >= 0.3 is 0 Å². The van der Waals surface area contributed by atoms with Crippen molar-refractivity contribution in [3.8, 4) is 0 Å². The van der Waals surface area contributed by atoms with Crippen LogP contribution >= 0.6 is 0 Å². The van der Waals surface area contributed by atoms with Crippen molar-refractivity contribution in [3.05, 3.63) is 78.5 Å². The molecule has 0 fully saturated rings. The van der Waals surface area contributed by atoms with Crippen molar-refractivity contribution >= 4 is 39.5 Å². The number of aromatic nitrogens is 2. The summed E-state index contributed by atoms with van der Waals surface area (Å²) in [7, 11) is 0. The molecule has 0 spiro atoms. The predicted molar refractivity (Wildman–Crippen MR) is 112 cm³/mol. The summed E-state index contributed by atoms with van der Waals surface area (Å²) >= 11 is 0. The number of anilines is 1. The summed E-state index contributed by atoms with van der Waals surface area (Å²) in [4.78, 5) is 19.9. The van der Waals surface area contributed by atoms with Crippen LogP contribution in [0.4, 0.5) is 5.82 Å². The number of nitrogens with two attached hydrogens (primary N) is 2. The summed E-state index contributed by atoms with van der Waals surface area (Å²) in [5.41, 5.74) is 14.6. The summed E-state index contributed by atoms with van der Waals surface area (Å²) in [6.07, 6.45) is -0.546. The fourth-order valence-corrected chi connectivity index (χ4v) is 3.36. The molecule has 7 heteroatoms. The molecule has 2 aromatic carbocycles. The lowest BCUT2D eigenvalue weighted by molar-refractivity contribution is 0.708. The number of guanidine groups is 2. The van der Waals surface area contributed by atoms with Gasteiger partial charge < -0.3 is 11.5 Å². The van der Waals surface area contributed by atoms with Crippen LogP contribution in [0, 0.1) is 0 Å². The lowest BCUT2D eigenvalue weighted by Crippen LogP contribution is -2.45. The van der Waals surface area contributed by atoms with E-state index in [9.17, 15) is 0 Å². The van der Waals surface area contributed by atoms with Gasteiger partial charge in [0, 0.05) is 10.8 Å². The van der Waals surface area contributed by atoms with E-state index in [0.29, 0.717) is 5.82 Å². The molecule has 0 aliphatic carbocycles. The largest absolute Gasteiger partial charge is 0.369 e. The second-order valence-corrected chi connectivity index (χ2v) is 6.49. The standard InChI is InChI=1S/C21H17N7/c22-20-26-19(17-11-9-13-5-1-3-7-15(13)24-17)28(21(23)27-20)18-12-10-14-6-2-4-8-16(14)25-18/h1-12,19H,(H4,22,23,26,27). The van der Waals surface area contributed by atoms with Crippen molar-refractivity contribution in [2.45, 2.75) is 6.17 Å². The molecular formula is C21H17N7. The number of benzene rings is 2. The molecule has 5 rings (SSSR count). The minimum atomic E-state index is -0.546. The molecule has 3 heterocycles. The van der Waals surface area contributed by atoms with Gasteiger partial charge in [0.2, 0.25) is 11.9 Å². The Hall–Kier alpha value is -4.00. The summed E-state index contributed by atoms with van der Waals surface area (Å²) in [5.74, 6) is 0.987. The molecule has 4 aromatic rings. The van der Waals surface area contributed by atoms with Gasteiger partial charge in [-0.1, -0.05) is 42.5 Å². The third-order valence-corrected chi connectivity index (χ3v) is 4.69. The molecule has 2 aromatic heterocycles. The smallest absolute Gasteiger partial charge is 0.221 e. The van der Waals surface area contributed by atoms with E-state index in [1.807, 2.05) is 72.8 Å². The molecule has 0 saturated heterocycles. The molecule has 0 saturated carbocycles. The first-order valence-electron chi connectivity index (χ1n) is 8.87. The number of fused-ring (bicyclic) bond motifs is 2. The normalized spacial score (nSPS) is 16.9. The summed E-state index contributed by atoms with van der Waals surface area (Å²) < 4.78 is 0. The Kier molecular flexibility index (Phi) is 3.65. The molecule has 1 aliphatic heterocycles. The molecule has 0 amide bonds. The van der Waals surface area contributed by atoms with Crippen LogP contribution in [0.2, 0.25) is 0 Å². The van der Waals surface area contributed by atoms with Gasteiger partial charge in [-0.3, -0.25) is 4.90 Å². The Morgan fingerprint density at radius 2 is 1.36 bits per heavy atom. The second-order valence-electron chi connectivity index (χ2n) is 6.49. The monoisotopic (exact) mass is 367 g/mol. The number of para-hydroxylation sites is 2. The second kappa shape index (κ2) is 6.31. The number of aliphatic imine (C=N–C) groups is 2. The van der Waals surface area contributed by atoms with E-state index >= 15 is 0 Å². The zero-order valence-electron chi connectivity index (χ0n) is 14.9. The SMILES string of the molecule is NC1=NC(c2ccc3ccccc3n2)N(c2ccc3ccccc3n2)C(N)=N1. The Bertz CT molecular complexity index is 1260. The maximum Gasteiger partial charge on any atom is 0.221 e. The molecule has 136 valence electrons. The predicted octanol–water partition coefficient (Wildman–Crippen LogP) is 2.93. The van der Waals surface area contributed by atoms with Gasteiger partial charge in [-0.05, 0) is 30.3 Å². The topological polar surface area (TPSA) is 106 Å². The van der Waals surface area contributed by atoms with E-state index < -0.39 is 6.17 Å². The van der Waals surface area contributed by atoms with Gasteiger partial charge in [-0.15, -0.1) is 0 Å². The van der Waals surface area contributed by atoms with Gasteiger partial charge in [0.1, 0.15) is 5.82 Å². The van der Waals surface area contributed by atoms with E-state index in [4.69, 9.17) is 21.4 Å². The maximum atomic E-state index is 6.23. The van der Waals surface area contributed by atoms with Crippen molar-refractivity contribution in [2.24, 2.45) is 21.5 Å². The van der Waals surface area contributed by atoms with Gasteiger partial charge in [0.15, 0.2) is 6.17 Å². The Labute approximate surface area is 161 Å². The molecule has 7 nitrogen and oxygen atoms in total. The molecule has 28 heavy (non-hydrogen) atoms. The number of pyridine rings is 2. The van der Waals surface area contributed by atoms with Crippen LogP contribution in [0.1, 0.15) is 11.9 Å². The summed E-state index contributed by atoms with van der Waals surface area (Å²) in [6.45, 7) is 0. The highest BCUT2D eigenvalue weighted by molar-refractivity contribution is 6.04. The van der Waals surface area contributed by atoms with E-state index in [0.717, 1.165) is 27.5 Å². The molecule has 4 N–H and O–H groups in total. The minimum Gasteiger partial charge on any atom is -0.369 e. The van der Waals surface area contributed by atoms with Gasteiger partial charge in [-0.2, -0.15) is 4.99 Å². The Balaban J connectivity index is 1.65. The molecule has 0 radical (unpaired) electrons. The fourth-order valence-electron chi connectivity index (χ4n) is 3.36. The molecule has 1 unspecified atom stereocenters. The van der Waals surface area contributed by atoms with Crippen LogP contribution in [-0.2, 0) is 0 Å². The fraction of sp³-hybridized carbons (Fsp3) is 0.0476. The summed E-state index contributed by atoms with van der Waals surface area (Å²) in [6, 6.07) is 23.6. The Morgan fingerprint density at radius 3 is 2.11 bits per heavy atom. The summed E-state index contributed by atoms with van der Waals surface area (Å²) in [5, 5.41) is 2.10. The van der Waals surface area contributed by atoms with Gasteiger partial charge in [0.25, 0.3) is 0 Å².